The smallest absolute Gasteiger partial charge is 0.207 e. The number of fused-ring (bicyclic) bond motifs is 2. The molecular weight excluding hydrogens is 279 g/mol. The van der Waals surface area contributed by atoms with Crippen LogP contribution in [-0.2, 0) is 10.0 Å². The number of halogens is 3. The maximum atomic E-state index is 12.1. The summed E-state index contributed by atoms with van der Waals surface area (Å²) in [5, 5.41) is 0. The van der Waals surface area contributed by atoms with E-state index in [0.717, 1.165) is 12.8 Å². The van der Waals surface area contributed by atoms with Crippen molar-refractivity contribution in [2.75, 3.05) is 6.54 Å². The van der Waals surface area contributed by atoms with Gasteiger partial charge in [-0.05, 0) is 48.9 Å². The van der Waals surface area contributed by atoms with E-state index in [1.54, 1.807) is 4.72 Å². The summed E-state index contributed by atoms with van der Waals surface area (Å²) in [5.41, 5.74) is -5.20. The highest BCUT2D eigenvalue weighted by atomic mass is 32.2. The van der Waals surface area contributed by atoms with Crippen molar-refractivity contribution in [2.45, 2.75) is 38.6 Å². The molecule has 2 bridgehead atoms. The number of nitrogens with one attached hydrogen (secondary N) is 1. The average molecular weight is 299 g/mol. The van der Waals surface area contributed by atoms with E-state index in [0.29, 0.717) is 36.0 Å². The Labute approximate surface area is 112 Å². The van der Waals surface area contributed by atoms with Crippen molar-refractivity contribution >= 4 is 10.0 Å². The molecule has 0 saturated heterocycles. The third-order valence-electron chi connectivity index (χ3n) is 5.15. The van der Waals surface area contributed by atoms with E-state index in [-0.39, 0.29) is 6.54 Å². The third-order valence-corrected chi connectivity index (χ3v) is 6.34. The molecular formula is C12H20F3NO2S. The Bertz CT molecular complexity index is 433. The second kappa shape index (κ2) is 4.91. The summed E-state index contributed by atoms with van der Waals surface area (Å²) in [6.07, 6.45) is 2.69. The first-order valence-corrected chi connectivity index (χ1v) is 8.17. The number of alkyl halides is 3. The van der Waals surface area contributed by atoms with Gasteiger partial charge in [0.1, 0.15) is 0 Å². The lowest BCUT2D eigenvalue weighted by Crippen LogP contribution is -2.38. The summed E-state index contributed by atoms with van der Waals surface area (Å²) >= 11 is 0. The molecule has 2 fully saturated rings. The molecule has 19 heavy (non-hydrogen) atoms. The highest BCUT2D eigenvalue weighted by molar-refractivity contribution is 7.90. The van der Waals surface area contributed by atoms with Gasteiger partial charge in [0.25, 0.3) is 0 Å². The SMILES string of the molecule is CC1C2CC(CCNS(=O)(=O)C(F)(F)F)C(C2)C1C. The zero-order valence-corrected chi connectivity index (χ0v) is 11.9. The topological polar surface area (TPSA) is 46.2 Å². The van der Waals surface area contributed by atoms with Gasteiger partial charge in [0.2, 0.25) is 0 Å². The van der Waals surface area contributed by atoms with Crippen LogP contribution < -0.4 is 4.72 Å². The van der Waals surface area contributed by atoms with E-state index in [2.05, 4.69) is 13.8 Å². The molecule has 2 rings (SSSR count). The Kier molecular flexibility index (Phi) is 3.90. The van der Waals surface area contributed by atoms with Gasteiger partial charge in [-0.3, -0.25) is 0 Å². The van der Waals surface area contributed by atoms with Gasteiger partial charge in [-0.1, -0.05) is 13.8 Å². The Morgan fingerprint density at radius 3 is 2.26 bits per heavy atom. The van der Waals surface area contributed by atoms with Crippen LogP contribution in [0, 0.1) is 29.6 Å². The molecule has 0 aromatic carbocycles. The van der Waals surface area contributed by atoms with Crippen molar-refractivity contribution in [1.82, 2.24) is 4.72 Å². The summed E-state index contributed by atoms with van der Waals surface area (Å²) in [5.74, 6) is 2.88. The molecule has 2 saturated carbocycles. The van der Waals surface area contributed by atoms with Gasteiger partial charge >= 0.3 is 15.5 Å². The van der Waals surface area contributed by atoms with Gasteiger partial charge < -0.3 is 0 Å². The fraction of sp³-hybridized carbons (Fsp3) is 1.00. The summed E-state index contributed by atoms with van der Waals surface area (Å²) < 4.78 is 59.8. The lowest BCUT2D eigenvalue weighted by Gasteiger charge is -2.31. The molecule has 1 N–H and O–H groups in total. The van der Waals surface area contributed by atoms with E-state index in [9.17, 15) is 21.6 Å². The summed E-state index contributed by atoms with van der Waals surface area (Å²) in [4.78, 5) is 0. The molecule has 2 aliphatic rings. The minimum atomic E-state index is -5.20. The highest BCUT2D eigenvalue weighted by Gasteiger charge is 2.49. The largest absolute Gasteiger partial charge is 0.511 e. The van der Waals surface area contributed by atoms with Crippen LogP contribution in [0.5, 0.6) is 0 Å². The average Bonchev–Trinajstić information content (AvgIpc) is 2.78. The molecule has 3 nitrogen and oxygen atoms in total. The first-order chi connectivity index (χ1) is 8.63. The van der Waals surface area contributed by atoms with E-state index < -0.39 is 15.5 Å². The van der Waals surface area contributed by atoms with Gasteiger partial charge in [0, 0.05) is 6.54 Å². The van der Waals surface area contributed by atoms with E-state index in [1.165, 1.54) is 0 Å². The van der Waals surface area contributed by atoms with Crippen LogP contribution in [-0.4, -0.2) is 20.5 Å². The first kappa shape index (κ1) is 15.1. The van der Waals surface area contributed by atoms with Crippen molar-refractivity contribution < 1.29 is 21.6 Å². The molecule has 0 aromatic heterocycles. The predicted octanol–water partition coefficient (Wildman–Crippen LogP) is 2.74. The molecule has 0 aliphatic heterocycles. The summed E-state index contributed by atoms with van der Waals surface area (Å²) in [6.45, 7) is 4.32. The van der Waals surface area contributed by atoms with Crippen molar-refractivity contribution in [3.63, 3.8) is 0 Å². The Morgan fingerprint density at radius 2 is 1.79 bits per heavy atom. The second-order valence-corrected chi connectivity index (χ2v) is 7.76. The molecule has 112 valence electrons. The van der Waals surface area contributed by atoms with Crippen molar-refractivity contribution in [3.05, 3.63) is 0 Å². The Hall–Kier alpha value is -0.300. The van der Waals surface area contributed by atoms with Crippen LogP contribution in [0.4, 0.5) is 13.2 Å². The van der Waals surface area contributed by atoms with Gasteiger partial charge in [-0.25, -0.2) is 13.1 Å². The van der Waals surface area contributed by atoms with Crippen molar-refractivity contribution in [1.29, 1.82) is 0 Å². The molecule has 0 aromatic rings. The molecule has 2 aliphatic carbocycles. The monoisotopic (exact) mass is 299 g/mol. The molecule has 0 amide bonds. The maximum absolute atomic E-state index is 12.1. The van der Waals surface area contributed by atoms with Crippen LogP contribution >= 0.6 is 0 Å². The van der Waals surface area contributed by atoms with Gasteiger partial charge in [-0.2, -0.15) is 13.2 Å². The molecule has 5 unspecified atom stereocenters. The zero-order chi connectivity index (χ0) is 14.4. The van der Waals surface area contributed by atoms with Crippen LogP contribution in [0.1, 0.15) is 33.1 Å². The van der Waals surface area contributed by atoms with Crippen molar-refractivity contribution in [2.24, 2.45) is 29.6 Å². The molecule has 0 radical (unpaired) electrons. The number of sulfonamides is 1. The molecule has 0 spiro atoms. The van der Waals surface area contributed by atoms with E-state index in [1.807, 2.05) is 0 Å². The van der Waals surface area contributed by atoms with Crippen LogP contribution in [0.15, 0.2) is 0 Å². The highest BCUT2D eigenvalue weighted by Crippen LogP contribution is 2.55. The fourth-order valence-electron chi connectivity index (χ4n) is 3.89. The van der Waals surface area contributed by atoms with Crippen molar-refractivity contribution in [3.8, 4) is 0 Å². The molecule has 5 atom stereocenters. The normalized spacial score (nSPS) is 38.9. The molecule has 7 heteroatoms. The number of hydrogen-bond acceptors (Lipinski definition) is 2. The third kappa shape index (κ3) is 2.77. The Balaban J connectivity index is 1.83. The number of rotatable bonds is 4. The zero-order valence-electron chi connectivity index (χ0n) is 11.1. The lowest BCUT2D eigenvalue weighted by atomic mass is 9.75. The predicted molar refractivity (Wildman–Crippen MR) is 65.6 cm³/mol. The van der Waals surface area contributed by atoms with E-state index >= 15 is 0 Å². The quantitative estimate of drug-likeness (QED) is 0.867. The standard InChI is InChI=1S/C12H20F3NO2S/c1-7-8(2)11-6-10(7)5-9(11)3-4-16-19(17,18)12(13,14)15/h7-11,16H,3-6H2,1-2H3. The van der Waals surface area contributed by atoms with E-state index in [4.69, 9.17) is 0 Å². The van der Waals surface area contributed by atoms with Gasteiger partial charge in [0.05, 0.1) is 0 Å². The van der Waals surface area contributed by atoms with Crippen LogP contribution in [0.2, 0.25) is 0 Å². The first-order valence-electron chi connectivity index (χ1n) is 6.69. The minimum Gasteiger partial charge on any atom is -0.207 e. The Morgan fingerprint density at radius 1 is 1.16 bits per heavy atom. The lowest BCUT2D eigenvalue weighted by molar-refractivity contribution is -0.0448. The van der Waals surface area contributed by atoms with Gasteiger partial charge in [-0.15, -0.1) is 0 Å². The van der Waals surface area contributed by atoms with Gasteiger partial charge in [0.15, 0.2) is 0 Å². The maximum Gasteiger partial charge on any atom is 0.511 e. The number of hydrogen-bond donors (Lipinski definition) is 1. The minimum absolute atomic E-state index is 0.114. The fourth-order valence-corrected chi connectivity index (χ4v) is 4.44. The molecule has 0 heterocycles. The summed E-state index contributed by atoms with van der Waals surface area (Å²) in [7, 11) is -5.18. The second-order valence-electron chi connectivity index (χ2n) is 6.01. The van der Waals surface area contributed by atoms with Crippen LogP contribution in [0.3, 0.4) is 0 Å². The summed E-state index contributed by atoms with van der Waals surface area (Å²) in [6, 6.07) is 0. The van der Waals surface area contributed by atoms with Crippen LogP contribution in [0.25, 0.3) is 0 Å².